The van der Waals surface area contributed by atoms with Crippen LogP contribution in [0.5, 0.6) is 0 Å². The highest BCUT2D eigenvalue weighted by atomic mass is 16.2. The molecule has 2 heterocycles. The predicted molar refractivity (Wildman–Crippen MR) is 81.1 cm³/mol. The average Bonchev–Trinajstić information content (AvgIpc) is 3.32. The van der Waals surface area contributed by atoms with Gasteiger partial charge in [-0.2, -0.15) is 0 Å². The number of nitrogens with one attached hydrogen (secondary N) is 1. The summed E-state index contributed by atoms with van der Waals surface area (Å²) in [5.74, 6) is 0.235. The Kier molecular flexibility index (Phi) is 4.00. The van der Waals surface area contributed by atoms with Crippen molar-refractivity contribution in [1.29, 1.82) is 0 Å². The molecule has 0 spiro atoms. The van der Waals surface area contributed by atoms with Gasteiger partial charge < -0.3 is 5.32 Å². The van der Waals surface area contributed by atoms with Crippen molar-refractivity contribution < 1.29 is 4.79 Å². The van der Waals surface area contributed by atoms with Crippen LogP contribution in [0.3, 0.4) is 0 Å². The van der Waals surface area contributed by atoms with Crippen LogP contribution in [0.15, 0.2) is 41.6 Å². The topological polar surface area (TPSA) is 76.9 Å². The molecule has 2 aromatic rings. The zero-order valence-corrected chi connectivity index (χ0v) is 12.4. The molecule has 6 nitrogen and oxygen atoms in total. The van der Waals surface area contributed by atoms with Crippen LogP contribution >= 0.6 is 0 Å². The normalized spacial score (nSPS) is 15.3. The maximum atomic E-state index is 12.2. The lowest BCUT2D eigenvalue weighted by Gasteiger charge is -2.18. The minimum absolute atomic E-state index is 0.0261. The summed E-state index contributed by atoms with van der Waals surface area (Å²) in [6, 6.07) is 5.49. The van der Waals surface area contributed by atoms with E-state index in [1.54, 1.807) is 18.5 Å². The number of aryl methyl sites for hydroxylation is 1. The number of hydrogen-bond acceptors (Lipinski definition) is 4. The van der Waals surface area contributed by atoms with E-state index in [1.807, 2.05) is 19.1 Å². The van der Waals surface area contributed by atoms with E-state index in [1.165, 1.54) is 10.8 Å². The zero-order valence-electron chi connectivity index (χ0n) is 12.4. The lowest BCUT2D eigenvalue weighted by Crippen LogP contribution is -2.36. The Morgan fingerprint density at radius 3 is 2.91 bits per heavy atom. The van der Waals surface area contributed by atoms with Gasteiger partial charge in [0.05, 0.1) is 11.7 Å². The molecule has 6 heteroatoms. The molecule has 3 rings (SSSR count). The molecule has 1 N–H and O–H groups in total. The van der Waals surface area contributed by atoms with Gasteiger partial charge in [-0.05, 0) is 49.4 Å². The van der Waals surface area contributed by atoms with E-state index in [2.05, 4.69) is 15.3 Å². The highest BCUT2D eigenvalue weighted by molar-refractivity contribution is 5.76. The van der Waals surface area contributed by atoms with Gasteiger partial charge in [-0.3, -0.25) is 14.3 Å². The molecule has 0 aromatic carbocycles. The number of aromatic nitrogens is 3. The van der Waals surface area contributed by atoms with Gasteiger partial charge in [-0.1, -0.05) is 0 Å². The average molecular weight is 298 g/mol. The number of hydrogen-bond donors (Lipinski definition) is 1. The van der Waals surface area contributed by atoms with E-state index in [0.29, 0.717) is 5.92 Å². The van der Waals surface area contributed by atoms with Crippen molar-refractivity contribution in [3.8, 4) is 0 Å². The molecule has 0 unspecified atom stereocenters. The first-order valence-corrected chi connectivity index (χ1v) is 7.37. The zero-order chi connectivity index (χ0) is 15.5. The summed E-state index contributed by atoms with van der Waals surface area (Å²) in [6.45, 7) is 1.98. The van der Waals surface area contributed by atoms with Crippen LogP contribution in [0, 0.1) is 12.8 Å². The Balaban J connectivity index is 1.73. The van der Waals surface area contributed by atoms with Crippen LogP contribution in [0.4, 0.5) is 0 Å². The number of carbonyl (C=O) groups excluding carboxylic acids is 1. The second kappa shape index (κ2) is 6.09. The molecule has 1 aliphatic carbocycles. The third-order valence-corrected chi connectivity index (χ3v) is 3.76. The monoisotopic (exact) mass is 298 g/mol. The highest BCUT2D eigenvalue weighted by Crippen LogP contribution is 2.40. The van der Waals surface area contributed by atoms with Gasteiger partial charge in [-0.15, -0.1) is 0 Å². The number of carbonyl (C=O) groups is 1. The number of nitrogens with zero attached hydrogens (tertiary/aromatic N) is 3. The molecule has 0 radical (unpaired) electrons. The fraction of sp³-hybridized carbons (Fsp3) is 0.375. The Bertz CT molecular complexity index is 737. The van der Waals surface area contributed by atoms with Gasteiger partial charge in [0.2, 0.25) is 5.91 Å². The van der Waals surface area contributed by atoms with Gasteiger partial charge in [0.1, 0.15) is 6.54 Å². The molecule has 1 atom stereocenters. The van der Waals surface area contributed by atoms with Crippen molar-refractivity contribution in [1.82, 2.24) is 19.9 Å². The molecule has 1 aliphatic rings. The fourth-order valence-corrected chi connectivity index (χ4v) is 2.47. The second-order valence-corrected chi connectivity index (χ2v) is 5.67. The molecule has 0 saturated heterocycles. The fourth-order valence-electron chi connectivity index (χ4n) is 2.47. The molecule has 1 saturated carbocycles. The largest absolute Gasteiger partial charge is 0.347 e. The third kappa shape index (κ3) is 3.39. The molecule has 1 fully saturated rings. The smallest absolute Gasteiger partial charge is 0.346 e. The molecule has 0 aliphatic heterocycles. The molecule has 0 bridgehead atoms. The molecular formula is C16H18N4O2. The summed E-state index contributed by atoms with van der Waals surface area (Å²) in [5.41, 5.74) is 1.58. The number of pyridine rings is 1. The van der Waals surface area contributed by atoms with Crippen LogP contribution < -0.4 is 11.0 Å². The standard InChI is InChI=1S/C16H18N4O2/c1-11-5-7-17-13(9-11)15(12-3-4-12)19-14(21)10-20-8-2-6-18-16(20)22/h2,5-9,12,15H,3-4,10H2,1H3,(H,19,21)/t15-/m1/s1. The minimum Gasteiger partial charge on any atom is -0.346 e. The molecule has 1 amide bonds. The molecule has 2 aromatic heterocycles. The van der Waals surface area contributed by atoms with Crippen molar-refractivity contribution in [3.05, 3.63) is 58.5 Å². The van der Waals surface area contributed by atoms with Crippen molar-refractivity contribution in [2.24, 2.45) is 5.92 Å². The Morgan fingerprint density at radius 1 is 1.41 bits per heavy atom. The van der Waals surface area contributed by atoms with Gasteiger partial charge in [0.25, 0.3) is 0 Å². The van der Waals surface area contributed by atoms with Crippen LogP contribution in [0.1, 0.15) is 30.1 Å². The second-order valence-electron chi connectivity index (χ2n) is 5.67. The van der Waals surface area contributed by atoms with Crippen LogP contribution in [0.2, 0.25) is 0 Å². The van der Waals surface area contributed by atoms with Crippen LogP contribution in [-0.2, 0) is 11.3 Å². The third-order valence-electron chi connectivity index (χ3n) is 3.76. The minimum atomic E-state index is -0.422. The van der Waals surface area contributed by atoms with Gasteiger partial charge in [-0.25, -0.2) is 9.78 Å². The van der Waals surface area contributed by atoms with Crippen molar-refractivity contribution in [2.45, 2.75) is 32.4 Å². The number of amides is 1. The lowest BCUT2D eigenvalue weighted by molar-refractivity contribution is -0.122. The summed E-state index contributed by atoms with van der Waals surface area (Å²) >= 11 is 0. The summed E-state index contributed by atoms with van der Waals surface area (Å²) in [5, 5.41) is 3.01. The Labute approximate surface area is 128 Å². The first kappa shape index (κ1) is 14.4. The van der Waals surface area contributed by atoms with Crippen LogP contribution in [-0.4, -0.2) is 20.4 Å². The SMILES string of the molecule is Cc1ccnc([C@H](NC(=O)Cn2cccnc2=O)C2CC2)c1. The van der Waals surface area contributed by atoms with E-state index in [9.17, 15) is 9.59 Å². The quantitative estimate of drug-likeness (QED) is 0.900. The van der Waals surface area contributed by atoms with Gasteiger partial charge in [0.15, 0.2) is 0 Å². The van der Waals surface area contributed by atoms with Gasteiger partial charge >= 0.3 is 5.69 Å². The van der Waals surface area contributed by atoms with Crippen molar-refractivity contribution in [3.63, 3.8) is 0 Å². The molecule has 22 heavy (non-hydrogen) atoms. The highest BCUT2D eigenvalue weighted by Gasteiger charge is 2.34. The number of rotatable bonds is 5. The van der Waals surface area contributed by atoms with Gasteiger partial charge in [0, 0.05) is 18.6 Å². The lowest BCUT2D eigenvalue weighted by atomic mass is 10.1. The first-order chi connectivity index (χ1) is 10.6. The maximum Gasteiger partial charge on any atom is 0.347 e. The predicted octanol–water partition coefficient (Wildman–Crippen LogP) is 1.21. The van der Waals surface area contributed by atoms with Crippen LogP contribution in [0.25, 0.3) is 0 Å². The van der Waals surface area contributed by atoms with E-state index in [4.69, 9.17) is 0 Å². The Hall–Kier alpha value is -2.50. The summed E-state index contributed by atoms with van der Waals surface area (Å²) in [6.07, 6.45) is 6.92. The molecule has 114 valence electrons. The van der Waals surface area contributed by atoms with E-state index < -0.39 is 5.69 Å². The summed E-state index contributed by atoms with van der Waals surface area (Å²) in [7, 11) is 0. The Morgan fingerprint density at radius 2 is 2.23 bits per heavy atom. The van der Waals surface area contributed by atoms with E-state index in [-0.39, 0.29) is 18.5 Å². The summed E-state index contributed by atoms with van der Waals surface area (Å²) < 4.78 is 1.29. The van der Waals surface area contributed by atoms with Crippen molar-refractivity contribution >= 4 is 5.91 Å². The van der Waals surface area contributed by atoms with E-state index in [0.717, 1.165) is 24.1 Å². The molecular weight excluding hydrogens is 280 g/mol. The first-order valence-electron chi connectivity index (χ1n) is 7.37. The van der Waals surface area contributed by atoms with E-state index >= 15 is 0 Å². The summed E-state index contributed by atoms with van der Waals surface area (Å²) in [4.78, 5) is 31.8. The maximum absolute atomic E-state index is 12.2. The van der Waals surface area contributed by atoms with Crippen molar-refractivity contribution in [2.75, 3.05) is 0 Å².